The van der Waals surface area contributed by atoms with Crippen molar-refractivity contribution in [1.82, 2.24) is 9.88 Å². The second-order valence-electron chi connectivity index (χ2n) is 7.03. The summed E-state index contributed by atoms with van der Waals surface area (Å²) in [5, 5.41) is 22.3. The highest BCUT2D eigenvalue weighted by molar-refractivity contribution is 5.98. The van der Waals surface area contributed by atoms with E-state index >= 15 is 0 Å². The Kier molecular flexibility index (Phi) is 5.35. The molecule has 2 aromatic carbocycles. The molecule has 0 saturated heterocycles. The van der Waals surface area contributed by atoms with Gasteiger partial charge in [-0.2, -0.15) is 0 Å². The number of nitrogens with one attached hydrogen (secondary N) is 1. The van der Waals surface area contributed by atoms with Crippen LogP contribution in [0, 0.1) is 11.7 Å². The highest BCUT2D eigenvalue weighted by Crippen LogP contribution is 2.33. The van der Waals surface area contributed by atoms with Crippen molar-refractivity contribution < 1.29 is 19.4 Å². The summed E-state index contributed by atoms with van der Waals surface area (Å²) >= 11 is 0. The van der Waals surface area contributed by atoms with E-state index in [-0.39, 0.29) is 23.8 Å². The minimum absolute atomic E-state index is 0.0194. The number of carbonyl (C=O) groups is 1. The van der Waals surface area contributed by atoms with Gasteiger partial charge in [-0.3, -0.25) is 4.79 Å². The number of carboxylic acid groups (broad SMARTS) is 1. The van der Waals surface area contributed by atoms with Crippen LogP contribution in [-0.2, 0) is 13.1 Å². The number of phenols is 1. The summed E-state index contributed by atoms with van der Waals surface area (Å²) in [6, 6.07) is 10.2. The van der Waals surface area contributed by atoms with E-state index in [1.165, 1.54) is 24.3 Å². The molecule has 0 atom stereocenters. The van der Waals surface area contributed by atoms with Gasteiger partial charge in [0.05, 0.1) is 6.54 Å². The summed E-state index contributed by atoms with van der Waals surface area (Å²) in [5.41, 5.74) is 1.40. The first-order valence-electron chi connectivity index (χ1n) is 8.89. The number of halogens is 1. The molecule has 0 spiro atoms. The molecule has 0 unspecified atom stereocenters. The SMILES string of the molecule is CC(C)Cn1c(CNC(=O)O)c(-c2ccc(F)cc2)c2cc(O)ccc2c1=O. The van der Waals surface area contributed by atoms with E-state index in [9.17, 15) is 19.1 Å². The van der Waals surface area contributed by atoms with Gasteiger partial charge in [-0.1, -0.05) is 26.0 Å². The number of aromatic hydroxyl groups is 1. The van der Waals surface area contributed by atoms with Crippen LogP contribution in [0.2, 0.25) is 0 Å². The summed E-state index contributed by atoms with van der Waals surface area (Å²) in [6.45, 7) is 4.20. The topological polar surface area (TPSA) is 91.6 Å². The summed E-state index contributed by atoms with van der Waals surface area (Å²) in [6.07, 6.45) is -1.22. The lowest BCUT2D eigenvalue weighted by atomic mass is 9.96. The highest BCUT2D eigenvalue weighted by atomic mass is 19.1. The van der Waals surface area contributed by atoms with Crippen LogP contribution >= 0.6 is 0 Å². The van der Waals surface area contributed by atoms with E-state index in [2.05, 4.69) is 5.32 Å². The molecule has 146 valence electrons. The molecule has 0 aliphatic rings. The number of rotatable bonds is 5. The zero-order valence-corrected chi connectivity index (χ0v) is 15.6. The van der Waals surface area contributed by atoms with Crippen molar-refractivity contribution in [3.05, 3.63) is 64.3 Å². The van der Waals surface area contributed by atoms with Gasteiger partial charge in [0.15, 0.2) is 0 Å². The Morgan fingerprint density at radius 1 is 1.14 bits per heavy atom. The lowest BCUT2D eigenvalue weighted by molar-refractivity contribution is 0.193. The number of hydrogen-bond acceptors (Lipinski definition) is 3. The summed E-state index contributed by atoms with van der Waals surface area (Å²) < 4.78 is 15.0. The van der Waals surface area contributed by atoms with Crippen molar-refractivity contribution >= 4 is 16.9 Å². The van der Waals surface area contributed by atoms with Crippen molar-refractivity contribution in [2.24, 2.45) is 5.92 Å². The molecule has 3 aromatic rings. The molecule has 0 aliphatic heterocycles. The van der Waals surface area contributed by atoms with Crippen molar-refractivity contribution in [2.45, 2.75) is 26.9 Å². The van der Waals surface area contributed by atoms with Crippen LogP contribution in [-0.4, -0.2) is 20.9 Å². The van der Waals surface area contributed by atoms with E-state index in [4.69, 9.17) is 5.11 Å². The van der Waals surface area contributed by atoms with Crippen molar-refractivity contribution in [2.75, 3.05) is 0 Å². The number of aromatic nitrogens is 1. The number of amides is 1. The minimum atomic E-state index is -1.22. The van der Waals surface area contributed by atoms with Gasteiger partial charge in [-0.25, -0.2) is 9.18 Å². The molecule has 0 saturated carbocycles. The molecule has 7 heteroatoms. The van der Waals surface area contributed by atoms with E-state index in [0.29, 0.717) is 34.1 Å². The average molecular weight is 384 g/mol. The number of phenolic OH excluding ortho intramolecular Hbond substituents is 1. The molecular formula is C21H21FN2O4. The zero-order valence-electron chi connectivity index (χ0n) is 15.6. The molecule has 0 aliphatic carbocycles. The Bertz CT molecular complexity index is 1090. The molecule has 6 nitrogen and oxygen atoms in total. The molecule has 1 aromatic heterocycles. The van der Waals surface area contributed by atoms with Gasteiger partial charge < -0.3 is 20.1 Å². The molecule has 28 heavy (non-hydrogen) atoms. The van der Waals surface area contributed by atoms with Crippen LogP contribution in [0.25, 0.3) is 21.9 Å². The second-order valence-corrected chi connectivity index (χ2v) is 7.03. The zero-order chi connectivity index (χ0) is 20.4. The van der Waals surface area contributed by atoms with Gasteiger partial charge in [0.1, 0.15) is 11.6 Å². The summed E-state index contributed by atoms with van der Waals surface area (Å²) in [4.78, 5) is 24.2. The molecule has 1 amide bonds. The first kappa shape index (κ1) is 19.4. The van der Waals surface area contributed by atoms with Gasteiger partial charge >= 0.3 is 6.09 Å². The normalized spacial score (nSPS) is 11.1. The highest BCUT2D eigenvalue weighted by Gasteiger charge is 2.20. The molecule has 0 bridgehead atoms. The number of hydrogen-bond donors (Lipinski definition) is 3. The Morgan fingerprint density at radius 2 is 1.82 bits per heavy atom. The van der Waals surface area contributed by atoms with E-state index < -0.39 is 11.9 Å². The molecule has 3 rings (SSSR count). The van der Waals surface area contributed by atoms with Gasteiger partial charge in [0, 0.05) is 28.6 Å². The predicted octanol–water partition coefficient (Wildman–Crippen LogP) is 3.94. The number of fused-ring (bicyclic) bond motifs is 1. The van der Waals surface area contributed by atoms with Crippen LogP contribution in [0.15, 0.2) is 47.3 Å². The van der Waals surface area contributed by atoms with Crippen LogP contribution in [0.1, 0.15) is 19.5 Å². The molecule has 0 radical (unpaired) electrons. The predicted molar refractivity (Wildman–Crippen MR) is 105 cm³/mol. The maximum atomic E-state index is 13.5. The Morgan fingerprint density at radius 3 is 2.43 bits per heavy atom. The first-order chi connectivity index (χ1) is 13.3. The summed E-state index contributed by atoms with van der Waals surface area (Å²) in [5.74, 6) is -0.289. The maximum Gasteiger partial charge on any atom is 0.404 e. The minimum Gasteiger partial charge on any atom is -0.508 e. The van der Waals surface area contributed by atoms with Crippen LogP contribution in [0.5, 0.6) is 5.75 Å². The van der Waals surface area contributed by atoms with E-state index in [1.807, 2.05) is 13.8 Å². The largest absolute Gasteiger partial charge is 0.508 e. The molecule has 3 N–H and O–H groups in total. The fourth-order valence-electron chi connectivity index (χ4n) is 3.32. The Balaban J connectivity index is 2.42. The number of pyridine rings is 1. The fourth-order valence-corrected chi connectivity index (χ4v) is 3.32. The van der Waals surface area contributed by atoms with Crippen LogP contribution in [0.3, 0.4) is 0 Å². The monoisotopic (exact) mass is 384 g/mol. The quantitative estimate of drug-likeness (QED) is 0.621. The van der Waals surface area contributed by atoms with E-state index in [1.54, 1.807) is 22.8 Å². The van der Waals surface area contributed by atoms with Gasteiger partial charge in [0.25, 0.3) is 5.56 Å². The van der Waals surface area contributed by atoms with Crippen molar-refractivity contribution in [1.29, 1.82) is 0 Å². The van der Waals surface area contributed by atoms with Crippen molar-refractivity contribution in [3.8, 4) is 16.9 Å². The third-order valence-electron chi connectivity index (χ3n) is 4.45. The fraction of sp³-hybridized carbons (Fsp3) is 0.238. The van der Waals surface area contributed by atoms with E-state index in [0.717, 1.165) is 0 Å². The van der Waals surface area contributed by atoms with Gasteiger partial charge in [0.2, 0.25) is 0 Å². The third-order valence-corrected chi connectivity index (χ3v) is 4.45. The standard InChI is InChI=1S/C21H21FN2O4/c1-12(2)11-24-18(10-23-21(27)28)19(13-3-5-14(22)6-4-13)17-9-15(25)7-8-16(17)20(24)26/h3-9,12,23,25H,10-11H2,1-2H3,(H,27,28). The van der Waals surface area contributed by atoms with Crippen LogP contribution < -0.4 is 10.9 Å². The lowest BCUT2D eigenvalue weighted by Gasteiger charge is -2.21. The Hall–Kier alpha value is -3.35. The van der Waals surface area contributed by atoms with Gasteiger partial charge in [-0.15, -0.1) is 0 Å². The lowest BCUT2D eigenvalue weighted by Crippen LogP contribution is -2.31. The first-order valence-corrected chi connectivity index (χ1v) is 8.89. The number of nitrogens with zero attached hydrogens (tertiary/aromatic N) is 1. The Labute approximate surface area is 160 Å². The van der Waals surface area contributed by atoms with Gasteiger partial charge in [-0.05, 0) is 41.8 Å². The number of benzene rings is 2. The average Bonchev–Trinajstić information content (AvgIpc) is 2.63. The van der Waals surface area contributed by atoms with Crippen LogP contribution in [0.4, 0.5) is 9.18 Å². The second kappa shape index (κ2) is 7.72. The maximum absolute atomic E-state index is 13.5. The molecule has 0 fully saturated rings. The third kappa shape index (κ3) is 3.83. The molecular weight excluding hydrogens is 363 g/mol. The summed E-state index contributed by atoms with van der Waals surface area (Å²) in [7, 11) is 0. The van der Waals surface area contributed by atoms with Crippen molar-refractivity contribution in [3.63, 3.8) is 0 Å². The molecule has 1 heterocycles. The smallest absolute Gasteiger partial charge is 0.404 e.